The molecule has 0 aromatic carbocycles. The van der Waals surface area contributed by atoms with Crippen LogP contribution in [0.15, 0.2) is 6.20 Å². The van der Waals surface area contributed by atoms with Crippen molar-refractivity contribution in [3.63, 3.8) is 0 Å². The Bertz CT molecular complexity index is 396. The quantitative estimate of drug-likeness (QED) is 0.774. The number of hydrogen-bond acceptors (Lipinski definition) is 7. The largest absolute Gasteiger partial charge is 0.467 e. The fourth-order valence-electron chi connectivity index (χ4n) is 1.74. The molecule has 2 rings (SSSR count). The SMILES string of the molecule is COC(=O)C1CN(Cc2cnc(N)s2)CCO1. The van der Waals surface area contributed by atoms with E-state index < -0.39 is 6.10 Å². The number of aromatic nitrogens is 1. The van der Waals surface area contributed by atoms with Crippen LogP contribution >= 0.6 is 11.3 Å². The van der Waals surface area contributed by atoms with Crippen LogP contribution in [0.5, 0.6) is 0 Å². The molecule has 1 atom stereocenters. The minimum Gasteiger partial charge on any atom is -0.467 e. The minimum absolute atomic E-state index is 0.321. The van der Waals surface area contributed by atoms with Gasteiger partial charge in [-0.05, 0) is 0 Å². The number of ether oxygens (including phenoxy) is 2. The number of rotatable bonds is 3. The summed E-state index contributed by atoms with van der Waals surface area (Å²) in [7, 11) is 1.37. The Labute approximate surface area is 103 Å². The van der Waals surface area contributed by atoms with Crippen molar-refractivity contribution in [1.29, 1.82) is 0 Å². The smallest absolute Gasteiger partial charge is 0.336 e. The van der Waals surface area contributed by atoms with Crippen molar-refractivity contribution in [1.82, 2.24) is 9.88 Å². The molecule has 1 aromatic rings. The van der Waals surface area contributed by atoms with Gasteiger partial charge in [0.15, 0.2) is 11.2 Å². The Morgan fingerprint density at radius 3 is 3.29 bits per heavy atom. The molecular formula is C10H15N3O3S. The van der Waals surface area contributed by atoms with Crippen LogP contribution in [0.4, 0.5) is 5.13 Å². The molecule has 7 heteroatoms. The summed E-state index contributed by atoms with van der Waals surface area (Å²) < 4.78 is 10.0. The molecule has 0 radical (unpaired) electrons. The maximum Gasteiger partial charge on any atom is 0.336 e. The van der Waals surface area contributed by atoms with Crippen molar-refractivity contribution in [2.45, 2.75) is 12.6 Å². The topological polar surface area (TPSA) is 77.7 Å². The van der Waals surface area contributed by atoms with Crippen LogP contribution in [0.2, 0.25) is 0 Å². The molecule has 0 saturated carbocycles. The molecule has 1 aromatic heterocycles. The number of methoxy groups -OCH3 is 1. The Hall–Kier alpha value is -1.18. The third-order valence-electron chi connectivity index (χ3n) is 2.57. The third-order valence-corrected chi connectivity index (χ3v) is 3.38. The number of anilines is 1. The summed E-state index contributed by atoms with van der Waals surface area (Å²) >= 11 is 1.46. The van der Waals surface area contributed by atoms with Gasteiger partial charge in [-0.1, -0.05) is 0 Å². The third kappa shape index (κ3) is 3.15. The molecule has 17 heavy (non-hydrogen) atoms. The minimum atomic E-state index is -0.487. The van der Waals surface area contributed by atoms with Crippen LogP contribution in [0.1, 0.15) is 4.88 Å². The maximum atomic E-state index is 11.4. The lowest BCUT2D eigenvalue weighted by Gasteiger charge is -2.30. The molecule has 1 saturated heterocycles. The van der Waals surface area contributed by atoms with E-state index in [1.54, 1.807) is 6.20 Å². The van der Waals surface area contributed by atoms with Gasteiger partial charge in [0.1, 0.15) is 0 Å². The first-order valence-electron chi connectivity index (χ1n) is 5.31. The second kappa shape index (κ2) is 5.44. The molecule has 1 aliphatic heterocycles. The molecule has 1 unspecified atom stereocenters. The summed E-state index contributed by atoms with van der Waals surface area (Å²) in [5, 5.41) is 0.567. The van der Waals surface area contributed by atoms with Crippen LogP contribution < -0.4 is 5.73 Å². The summed E-state index contributed by atoms with van der Waals surface area (Å²) in [5.41, 5.74) is 5.57. The van der Waals surface area contributed by atoms with E-state index in [1.165, 1.54) is 18.4 Å². The Balaban J connectivity index is 1.91. The molecule has 1 fully saturated rings. The highest BCUT2D eigenvalue weighted by atomic mass is 32.1. The molecule has 0 amide bonds. The van der Waals surface area contributed by atoms with Crippen LogP contribution in [0, 0.1) is 0 Å². The van der Waals surface area contributed by atoms with Gasteiger partial charge in [-0.25, -0.2) is 9.78 Å². The summed E-state index contributed by atoms with van der Waals surface area (Å²) in [5.74, 6) is -0.321. The van der Waals surface area contributed by atoms with Crippen LogP contribution in [0.3, 0.4) is 0 Å². The zero-order chi connectivity index (χ0) is 12.3. The van der Waals surface area contributed by atoms with Crippen molar-refractivity contribution >= 4 is 22.4 Å². The first-order chi connectivity index (χ1) is 8.19. The molecule has 94 valence electrons. The average molecular weight is 257 g/mol. The summed E-state index contributed by atoms with van der Waals surface area (Å²) in [6.07, 6.45) is 1.28. The number of esters is 1. The van der Waals surface area contributed by atoms with Gasteiger partial charge in [-0.2, -0.15) is 0 Å². The number of thiazole rings is 1. The van der Waals surface area contributed by atoms with Gasteiger partial charge in [0.2, 0.25) is 0 Å². The molecule has 6 nitrogen and oxygen atoms in total. The van der Waals surface area contributed by atoms with Gasteiger partial charge in [0.05, 0.1) is 13.7 Å². The Morgan fingerprint density at radius 2 is 2.65 bits per heavy atom. The van der Waals surface area contributed by atoms with Crippen molar-refractivity contribution in [2.75, 3.05) is 32.5 Å². The normalized spacial score (nSPS) is 21.4. The molecule has 0 spiro atoms. The highest BCUT2D eigenvalue weighted by molar-refractivity contribution is 7.15. The predicted octanol–water partition coefficient (Wildman–Crippen LogP) is 0.0991. The monoisotopic (exact) mass is 257 g/mol. The summed E-state index contributed by atoms with van der Waals surface area (Å²) in [6.45, 7) is 2.62. The second-order valence-corrected chi connectivity index (χ2v) is 4.93. The Morgan fingerprint density at radius 1 is 1.82 bits per heavy atom. The fourth-order valence-corrected chi connectivity index (χ4v) is 2.46. The van der Waals surface area contributed by atoms with E-state index in [4.69, 9.17) is 10.5 Å². The number of nitrogens with zero attached hydrogens (tertiary/aromatic N) is 2. The zero-order valence-electron chi connectivity index (χ0n) is 9.59. The van der Waals surface area contributed by atoms with Gasteiger partial charge < -0.3 is 15.2 Å². The maximum absolute atomic E-state index is 11.4. The zero-order valence-corrected chi connectivity index (χ0v) is 10.4. The molecule has 0 bridgehead atoms. The first-order valence-corrected chi connectivity index (χ1v) is 6.12. The fraction of sp³-hybridized carbons (Fsp3) is 0.600. The number of carbonyl (C=O) groups is 1. The number of nitrogens with two attached hydrogens (primary N) is 1. The molecular weight excluding hydrogens is 242 g/mol. The van der Waals surface area contributed by atoms with Crippen LogP contribution in [-0.4, -0.2) is 48.8 Å². The van der Waals surface area contributed by atoms with E-state index in [9.17, 15) is 4.79 Å². The number of nitrogen functional groups attached to an aromatic ring is 1. The first kappa shape index (κ1) is 12.3. The van der Waals surface area contributed by atoms with E-state index in [2.05, 4.69) is 14.6 Å². The van der Waals surface area contributed by atoms with E-state index in [1.807, 2.05) is 0 Å². The van der Waals surface area contributed by atoms with E-state index >= 15 is 0 Å². The van der Waals surface area contributed by atoms with Crippen LogP contribution in [-0.2, 0) is 20.8 Å². The van der Waals surface area contributed by atoms with Gasteiger partial charge in [-0.3, -0.25) is 4.90 Å². The lowest BCUT2D eigenvalue weighted by Crippen LogP contribution is -2.45. The lowest BCUT2D eigenvalue weighted by molar-refractivity contribution is -0.159. The van der Waals surface area contributed by atoms with Crippen molar-refractivity contribution < 1.29 is 14.3 Å². The lowest BCUT2D eigenvalue weighted by atomic mass is 10.2. The van der Waals surface area contributed by atoms with Crippen molar-refractivity contribution in [3.8, 4) is 0 Å². The van der Waals surface area contributed by atoms with E-state index in [0.717, 1.165) is 18.0 Å². The summed E-state index contributed by atoms with van der Waals surface area (Å²) in [6, 6.07) is 0. The van der Waals surface area contributed by atoms with Gasteiger partial charge in [0.25, 0.3) is 0 Å². The number of carbonyl (C=O) groups excluding carboxylic acids is 1. The van der Waals surface area contributed by atoms with E-state index in [0.29, 0.717) is 18.3 Å². The highest BCUT2D eigenvalue weighted by Gasteiger charge is 2.27. The molecule has 2 N–H and O–H groups in total. The van der Waals surface area contributed by atoms with Gasteiger partial charge in [-0.15, -0.1) is 11.3 Å². The van der Waals surface area contributed by atoms with Crippen molar-refractivity contribution in [2.24, 2.45) is 0 Å². The number of hydrogen-bond donors (Lipinski definition) is 1. The summed E-state index contributed by atoms with van der Waals surface area (Å²) in [4.78, 5) is 18.6. The highest BCUT2D eigenvalue weighted by Crippen LogP contribution is 2.18. The average Bonchev–Trinajstić information content (AvgIpc) is 2.74. The molecule has 2 heterocycles. The van der Waals surface area contributed by atoms with Gasteiger partial charge >= 0.3 is 5.97 Å². The Kier molecular flexibility index (Phi) is 3.93. The van der Waals surface area contributed by atoms with Gasteiger partial charge in [0, 0.05) is 30.7 Å². The molecule has 0 aliphatic carbocycles. The standard InChI is InChI=1S/C10H15N3O3S/c1-15-9(14)8-6-13(2-3-16-8)5-7-4-12-10(11)17-7/h4,8H,2-3,5-6H2,1H3,(H2,11,12). The van der Waals surface area contributed by atoms with Crippen molar-refractivity contribution in [3.05, 3.63) is 11.1 Å². The predicted molar refractivity (Wildman–Crippen MR) is 63.6 cm³/mol. The second-order valence-electron chi connectivity index (χ2n) is 3.78. The van der Waals surface area contributed by atoms with E-state index in [-0.39, 0.29) is 5.97 Å². The van der Waals surface area contributed by atoms with Crippen LogP contribution in [0.25, 0.3) is 0 Å². The number of morpholine rings is 1. The molecule has 1 aliphatic rings.